The first-order valence-corrected chi connectivity index (χ1v) is 14.3. The van der Waals surface area contributed by atoms with Crippen LogP contribution < -0.4 is 14.2 Å². The first-order valence-electron chi connectivity index (χ1n) is 13.2. The molecule has 0 aliphatic rings. The van der Waals surface area contributed by atoms with Crippen LogP contribution in [0, 0.1) is 0 Å². The Morgan fingerprint density at radius 1 is 0.432 bits per heavy atom. The van der Waals surface area contributed by atoms with Crippen LogP contribution in [0.25, 0.3) is 21.5 Å². The predicted molar refractivity (Wildman–Crippen MR) is 171 cm³/mol. The van der Waals surface area contributed by atoms with Crippen LogP contribution in [0.1, 0.15) is 31.1 Å². The van der Waals surface area contributed by atoms with Crippen LogP contribution in [0.3, 0.4) is 0 Å². The van der Waals surface area contributed by atoms with Gasteiger partial charge in [0.1, 0.15) is 11.5 Å². The lowest BCUT2D eigenvalue weighted by Gasteiger charge is -2.17. The van der Waals surface area contributed by atoms with Crippen molar-refractivity contribution in [1.82, 2.24) is 0 Å². The van der Waals surface area contributed by atoms with Crippen molar-refractivity contribution in [2.45, 2.75) is 0 Å². The number of fused-ring (bicyclic) bond motifs is 2. The molecule has 0 atom stereocenters. The van der Waals surface area contributed by atoms with E-state index in [0.717, 1.165) is 0 Å². The molecule has 0 unspecified atom stereocenters. The first-order chi connectivity index (χ1) is 21.3. The van der Waals surface area contributed by atoms with Crippen LogP contribution in [0.15, 0.2) is 115 Å². The van der Waals surface area contributed by atoms with Gasteiger partial charge in [-0.1, -0.05) is 77.3 Å². The van der Waals surface area contributed by atoms with E-state index >= 15 is 0 Å². The molecule has 0 amide bonds. The molecular formula is C35H19Cl3O6. The molecule has 0 N–H and O–H groups in total. The second-order valence-corrected chi connectivity index (χ2v) is 10.9. The summed E-state index contributed by atoms with van der Waals surface area (Å²) in [5, 5.41) is 2.88. The first kappa shape index (κ1) is 29.2. The van der Waals surface area contributed by atoms with E-state index in [0.29, 0.717) is 36.6 Å². The van der Waals surface area contributed by atoms with Gasteiger partial charge in [0.05, 0.1) is 27.5 Å². The number of carbonyl (C=O) groups is 3. The van der Waals surface area contributed by atoms with Gasteiger partial charge in [-0.15, -0.1) is 0 Å². The number of ether oxygens (including phenoxy) is 3. The van der Waals surface area contributed by atoms with Crippen LogP contribution in [-0.2, 0) is 0 Å². The Labute approximate surface area is 266 Å². The number of carbonyl (C=O) groups excluding carboxylic acids is 3. The summed E-state index contributed by atoms with van der Waals surface area (Å²) in [7, 11) is 0. The van der Waals surface area contributed by atoms with Gasteiger partial charge in [-0.3, -0.25) is 0 Å². The molecule has 44 heavy (non-hydrogen) atoms. The summed E-state index contributed by atoms with van der Waals surface area (Å²) in [6.07, 6.45) is 0. The molecule has 0 aliphatic carbocycles. The third kappa shape index (κ3) is 6.10. The highest BCUT2D eigenvalue weighted by molar-refractivity contribution is 6.31. The zero-order chi connectivity index (χ0) is 30.8. The van der Waals surface area contributed by atoms with Crippen molar-refractivity contribution in [2.24, 2.45) is 0 Å². The highest BCUT2D eigenvalue weighted by Crippen LogP contribution is 2.45. The molecule has 0 saturated heterocycles. The van der Waals surface area contributed by atoms with Crippen molar-refractivity contribution >= 4 is 74.3 Å². The van der Waals surface area contributed by atoms with Crippen molar-refractivity contribution < 1.29 is 28.6 Å². The molecular weight excluding hydrogens is 623 g/mol. The maximum absolute atomic E-state index is 13.5. The number of hydrogen-bond acceptors (Lipinski definition) is 6. The molecule has 6 aromatic carbocycles. The Bertz CT molecular complexity index is 1990. The van der Waals surface area contributed by atoms with E-state index < -0.39 is 17.9 Å². The zero-order valence-corrected chi connectivity index (χ0v) is 24.8. The minimum atomic E-state index is -0.728. The fraction of sp³-hybridized carbons (Fsp3) is 0. The van der Waals surface area contributed by atoms with Gasteiger partial charge >= 0.3 is 17.9 Å². The summed E-state index contributed by atoms with van der Waals surface area (Å²) in [6, 6.07) is 30.9. The van der Waals surface area contributed by atoms with E-state index in [1.54, 1.807) is 91.0 Å². The van der Waals surface area contributed by atoms with E-state index in [1.165, 1.54) is 18.2 Å². The summed E-state index contributed by atoms with van der Waals surface area (Å²) >= 11 is 18.3. The average Bonchev–Trinajstić information content (AvgIpc) is 3.01. The summed E-state index contributed by atoms with van der Waals surface area (Å²) in [5.74, 6) is -1.83. The molecule has 0 bridgehead atoms. The molecule has 0 radical (unpaired) electrons. The SMILES string of the molecule is O=C(Oc1cccc2cc3cccc(OC(=O)c4cccc(Cl)c4)c3c(OC(=O)c3cccc(Cl)c3)c12)c1cccc(Cl)c1. The van der Waals surface area contributed by atoms with E-state index in [1.807, 2.05) is 6.07 Å². The molecule has 0 aliphatic heterocycles. The van der Waals surface area contributed by atoms with Gasteiger partial charge in [-0.05, 0) is 83.6 Å². The molecule has 6 aromatic rings. The Balaban J connectivity index is 1.54. The fourth-order valence-electron chi connectivity index (χ4n) is 4.70. The van der Waals surface area contributed by atoms with Crippen LogP contribution in [0.4, 0.5) is 0 Å². The van der Waals surface area contributed by atoms with Crippen LogP contribution in [-0.4, -0.2) is 17.9 Å². The van der Waals surface area contributed by atoms with Crippen LogP contribution in [0.5, 0.6) is 17.2 Å². The molecule has 6 rings (SSSR count). The second-order valence-electron chi connectivity index (χ2n) is 9.61. The molecule has 6 nitrogen and oxygen atoms in total. The average molecular weight is 642 g/mol. The number of hydrogen-bond donors (Lipinski definition) is 0. The van der Waals surface area contributed by atoms with Crippen molar-refractivity contribution in [3.05, 3.63) is 147 Å². The number of rotatable bonds is 6. The Morgan fingerprint density at radius 3 is 1.18 bits per heavy atom. The smallest absolute Gasteiger partial charge is 0.343 e. The quantitative estimate of drug-likeness (QED) is 0.102. The lowest BCUT2D eigenvalue weighted by molar-refractivity contribution is 0.0728. The summed E-state index contributed by atoms with van der Waals surface area (Å²) in [6.45, 7) is 0. The summed E-state index contributed by atoms with van der Waals surface area (Å²) in [4.78, 5) is 39.9. The number of benzene rings is 6. The minimum Gasteiger partial charge on any atom is -0.422 e. The molecule has 0 heterocycles. The fourth-order valence-corrected chi connectivity index (χ4v) is 5.27. The Morgan fingerprint density at radius 2 is 0.795 bits per heavy atom. The molecule has 216 valence electrons. The normalized spacial score (nSPS) is 10.9. The number of halogens is 3. The standard InChI is InChI=1S/C35H19Cl3O6/c36-25-11-1-8-22(17-25)33(39)42-28-14-4-6-20-16-21-7-5-15-29(43-34(40)23-9-2-12-26(37)18-23)31(21)32(30(20)28)44-35(41)24-10-3-13-27(38)19-24/h1-19H. The highest BCUT2D eigenvalue weighted by Gasteiger charge is 2.23. The van der Waals surface area contributed by atoms with Gasteiger partial charge in [-0.2, -0.15) is 0 Å². The third-order valence-electron chi connectivity index (χ3n) is 6.66. The topological polar surface area (TPSA) is 78.9 Å². The Kier molecular flexibility index (Phi) is 8.22. The monoisotopic (exact) mass is 640 g/mol. The van der Waals surface area contributed by atoms with E-state index in [-0.39, 0.29) is 33.9 Å². The second kappa shape index (κ2) is 12.4. The Hall–Kier alpha value is -4.88. The third-order valence-corrected chi connectivity index (χ3v) is 7.37. The van der Waals surface area contributed by atoms with Crippen molar-refractivity contribution in [2.75, 3.05) is 0 Å². The van der Waals surface area contributed by atoms with E-state index in [2.05, 4.69) is 0 Å². The maximum atomic E-state index is 13.5. The van der Waals surface area contributed by atoms with Gasteiger partial charge in [0.25, 0.3) is 0 Å². The van der Waals surface area contributed by atoms with Crippen LogP contribution in [0.2, 0.25) is 15.1 Å². The van der Waals surface area contributed by atoms with Crippen LogP contribution >= 0.6 is 34.8 Å². The van der Waals surface area contributed by atoms with E-state index in [4.69, 9.17) is 49.0 Å². The minimum absolute atomic E-state index is 0.0199. The number of esters is 3. The lowest BCUT2D eigenvalue weighted by atomic mass is 10.0. The van der Waals surface area contributed by atoms with Gasteiger partial charge < -0.3 is 14.2 Å². The summed E-state index contributed by atoms with van der Waals surface area (Å²) in [5.41, 5.74) is 0.636. The lowest BCUT2D eigenvalue weighted by Crippen LogP contribution is -2.12. The molecule has 0 fully saturated rings. The van der Waals surface area contributed by atoms with E-state index in [9.17, 15) is 14.4 Å². The molecule has 9 heteroatoms. The van der Waals surface area contributed by atoms with Gasteiger partial charge in [0, 0.05) is 15.1 Å². The van der Waals surface area contributed by atoms with Gasteiger partial charge in [0.2, 0.25) is 0 Å². The molecule has 0 saturated carbocycles. The van der Waals surface area contributed by atoms with Gasteiger partial charge in [-0.25, -0.2) is 14.4 Å². The molecule has 0 aromatic heterocycles. The molecule has 0 spiro atoms. The van der Waals surface area contributed by atoms with Crippen molar-refractivity contribution in [1.29, 1.82) is 0 Å². The maximum Gasteiger partial charge on any atom is 0.343 e. The largest absolute Gasteiger partial charge is 0.422 e. The zero-order valence-electron chi connectivity index (χ0n) is 22.6. The predicted octanol–water partition coefficient (Wildman–Crippen LogP) is 9.61. The van der Waals surface area contributed by atoms with Crippen molar-refractivity contribution in [3.63, 3.8) is 0 Å². The highest BCUT2D eigenvalue weighted by atomic mass is 35.5. The summed E-state index contributed by atoms with van der Waals surface area (Å²) < 4.78 is 17.7. The van der Waals surface area contributed by atoms with Crippen molar-refractivity contribution in [3.8, 4) is 17.2 Å². The van der Waals surface area contributed by atoms with Gasteiger partial charge in [0.15, 0.2) is 5.75 Å².